The van der Waals surface area contributed by atoms with Crippen LogP contribution in [0, 0.1) is 5.92 Å². The van der Waals surface area contributed by atoms with Crippen LogP contribution < -0.4 is 0 Å². The molecular formula is C11H25P. The smallest absolute Gasteiger partial charge is 0.0351 e. The normalized spacial score (nSPS) is 14.2. The Morgan fingerprint density at radius 3 is 2.33 bits per heavy atom. The summed E-state index contributed by atoms with van der Waals surface area (Å²) in [7, 11) is 1.22. The van der Waals surface area contributed by atoms with Crippen LogP contribution in [0.15, 0.2) is 0 Å². The minimum Gasteiger partial charge on any atom is -0.122 e. The van der Waals surface area contributed by atoms with Gasteiger partial charge in [0.05, 0.1) is 0 Å². The van der Waals surface area contributed by atoms with Gasteiger partial charge in [0.2, 0.25) is 0 Å². The fourth-order valence-electron chi connectivity index (χ4n) is 1.53. The molecule has 2 unspecified atom stereocenters. The molecule has 12 heavy (non-hydrogen) atoms. The largest absolute Gasteiger partial charge is 0.122 e. The van der Waals surface area contributed by atoms with Gasteiger partial charge >= 0.3 is 0 Å². The van der Waals surface area contributed by atoms with Crippen LogP contribution in [0.25, 0.3) is 0 Å². The van der Waals surface area contributed by atoms with Crippen LogP contribution in [-0.2, 0) is 0 Å². The molecule has 0 aromatic carbocycles. The lowest BCUT2D eigenvalue weighted by Crippen LogP contribution is -1.99. The van der Waals surface area contributed by atoms with Crippen molar-refractivity contribution >= 4 is 8.58 Å². The second-order valence-corrected chi connectivity index (χ2v) is 5.27. The van der Waals surface area contributed by atoms with Crippen molar-refractivity contribution in [3.8, 4) is 0 Å². The Labute approximate surface area is 80.3 Å². The molecule has 0 aliphatic heterocycles. The minimum atomic E-state index is 1.03. The number of rotatable bonds is 8. The van der Waals surface area contributed by atoms with E-state index in [0.29, 0.717) is 0 Å². The van der Waals surface area contributed by atoms with Gasteiger partial charge < -0.3 is 0 Å². The van der Waals surface area contributed by atoms with E-state index in [-0.39, 0.29) is 0 Å². The van der Waals surface area contributed by atoms with E-state index < -0.39 is 0 Å². The molecule has 1 heteroatoms. The van der Waals surface area contributed by atoms with Crippen molar-refractivity contribution in [3.05, 3.63) is 0 Å². The highest BCUT2D eigenvalue weighted by atomic mass is 31.1. The van der Waals surface area contributed by atoms with E-state index in [1.54, 1.807) is 0 Å². The van der Waals surface area contributed by atoms with Crippen LogP contribution in [-0.4, -0.2) is 12.3 Å². The lowest BCUT2D eigenvalue weighted by Gasteiger charge is -2.13. The first-order chi connectivity index (χ1) is 5.85. The van der Waals surface area contributed by atoms with Crippen LogP contribution in [0.4, 0.5) is 0 Å². The Morgan fingerprint density at radius 1 is 1.08 bits per heavy atom. The van der Waals surface area contributed by atoms with Gasteiger partial charge in [0.1, 0.15) is 0 Å². The molecule has 0 aliphatic carbocycles. The molecular weight excluding hydrogens is 163 g/mol. The fourth-order valence-corrected chi connectivity index (χ4v) is 2.49. The fraction of sp³-hybridized carbons (Fsp3) is 1.00. The molecule has 0 saturated carbocycles. The summed E-state index contributed by atoms with van der Waals surface area (Å²) in [6.07, 6.45) is 10.0. The van der Waals surface area contributed by atoms with E-state index in [1.807, 2.05) is 0 Å². The number of unbranched alkanes of at least 4 members (excludes halogenated alkanes) is 1. The molecule has 0 spiro atoms. The van der Waals surface area contributed by atoms with Gasteiger partial charge in [-0.05, 0) is 24.7 Å². The maximum atomic E-state index is 2.34. The van der Waals surface area contributed by atoms with E-state index >= 15 is 0 Å². The Morgan fingerprint density at radius 2 is 1.83 bits per heavy atom. The van der Waals surface area contributed by atoms with Crippen molar-refractivity contribution in [1.82, 2.24) is 0 Å². The highest BCUT2D eigenvalue weighted by Crippen LogP contribution is 2.21. The second-order valence-electron chi connectivity index (χ2n) is 3.56. The van der Waals surface area contributed by atoms with Gasteiger partial charge in [-0.25, -0.2) is 0 Å². The van der Waals surface area contributed by atoms with Crippen LogP contribution in [0.1, 0.15) is 52.9 Å². The van der Waals surface area contributed by atoms with Gasteiger partial charge in [0.25, 0.3) is 0 Å². The summed E-state index contributed by atoms with van der Waals surface area (Å²) >= 11 is 0. The van der Waals surface area contributed by atoms with E-state index in [0.717, 1.165) is 5.92 Å². The van der Waals surface area contributed by atoms with Crippen molar-refractivity contribution in [2.24, 2.45) is 5.92 Å². The summed E-state index contributed by atoms with van der Waals surface area (Å²) in [5.74, 6) is 1.03. The first kappa shape index (κ1) is 12.4. The SMILES string of the molecule is CCCCC(CC)CCPCC. The molecule has 0 aromatic heterocycles. The summed E-state index contributed by atoms with van der Waals surface area (Å²) in [6.45, 7) is 6.93. The lowest BCUT2D eigenvalue weighted by molar-refractivity contribution is 0.441. The van der Waals surface area contributed by atoms with E-state index in [2.05, 4.69) is 20.8 Å². The second kappa shape index (κ2) is 9.52. The summed E-state index contributed by atoms with van der Waals surface area (Å²) in [4.78, 5) is 0. The predicted octanol–water partition coefficient (Wildman–Crippen LogP) is 4.29. The molecule has 0 N–H and O–H groups in total. The molecule has 0 aliphatic rings. The van der Waals surface area contributed by atoms with Gasteiger partial charge in [0, 0.05) is 0 Å². The molecule has 0 amide bonds. The molecule has 0 nitrogen and oxygen atoms in total. The molecule has 0 bridgehead atoms. The van der Waals surface area contributed by atoms with Crippen molar-refractivity contribution in [1.29, 1.82) is 0 Å². The first-order valence-corrected chi connectivity index (χ1v) is 6.97. The van der Waals surface area contributed by atoms with Crippen LogP contribution >= 0.6 is 8.58 Å². The van der Waals surface area contributed by atoms with Crippen molar-refractivity contribution in [2.45, 2.75) is 52.9 Å². The topological polar surface area (TPSA) is 0 Å². The third-order valence-electron chi connectivity index (χ3n) is 2.52. The Balaban J connectivity index is 3.26. The molecule has 74 valence electrons. The Kier molecular flexibility index (Phi) is 9.86. The van der Waals surface area contributed by atoms with E-state index in [9.17, 15) is 0 Å². The van der Waals surface area contributed by atoms with Gasteiger partial charge in [-0.1, -0.05) is 46.5 Å². The standard InChI is InChI=1S/C11H25P/c1-4-7-8-11(5-2)9-10-12-6-3/h11-12H,4-10H2,1-3H3. The molecule has 0 rings (SSSR count). The molecule has 0 saturated heterocycles. The summed E-state index contributed by atoms with van der Waals surface area (Å²) in [5, 5.41) is 0. The average Bonchev–Trinajstić information content (AvgIpc) is 2.11. The van der Waals surface area contributed by atoms with Gasteiger partial charge in [-0.2, -0.15) is 0 Å². The van der Waals surface area contributed by atoms with Crippen LogP contribution in [0.2, 0.25) is 0 Å². The van der Waals surface area contributed by atoms with Crippen molar-refractivity contribution in [2.75, 3.05) is 12.3 Å². The lowest BCUT2D eigenvalue weighted by atomic mass is 9.97. The molecule has 0 aromatic rings. The summed E-state index contributed by atoms with van der Waals surface area (Å²) in [5.41, 5.74) is 0. The predicted molar refractivity (Wildman–Crippen MR) is 61.6 cm³/mol. The molecule has 0 radical (unpaired) electrons. The van der Waals surface area contributed by atoms with Gasteiger partial charge in [-0.3, -0.25) is 0 Å². The van der Waals surface area contributed by atoms with Crippen molar-refractivity contribution in [3.63, 3.8) is 0 Å². The van der Waals surface area contributed by atoms with Crippen LogP contribution in [0.3, 0.4) is 0 Å². The maximum Gasteiger partial charge on any atom is -0.0351 e. The maximum absolute atomic E-state index is 2.34. The Hall–Kier alpha value is 0.430. The molecule has 2 atom stereocenters. The van der Waals surface area contributed by atoms with E-state index in [1.165, 1.54) is 53.0 Å². The molecule has 0 fully saturated rings. The highest BCUT2D eigenvalue weighted by molar-refractivity contribution is 7.37. The zero-order chi connectivity index (χ0) is 9.23. The minimum absolute atomic E-state index is 1.03. The van der Waals surface area contributed by atoms with Crippen molar-refractivity contribution < 1.29 is 0 Å². The number of hydrogen-bond donors (Lipinski definition) is 0. The first-order valence-electron chi connectivity index (χ1n) is 5.55. The third kappa shape index (κ3) is 7.10. The monoisotopic (exact) mass is 188 g/mol. The summed E-state index contributed by atoms with van der Waals surface area (Å²) in [6, 6.07) is 0. The third-order valence-corrected chi connectivity index (χ3v) is 3.66. The van der Waals surface area contributed by atoms with Gasteiger partial charge in [-0.15, -0.1) is 8.58 Å². The van der Waals surface area contributed by atoms with E-state index in [4.69, 9.17) is 0 Å². The zero-order valence-electron chi connectivity index (χ0n) is 9.03. The average molecular weight is 188 g/mol. The highest BCUT2D eigenvalue weighted by Gasteiger charge is 2.04. The zero-order valence-corrected chi connectivity index (χ0v) is 10.0. The summed E-state index contributed by atoms with van der Waals surface area (Å²) < 4.78 is 0. The molecule has 0 heterocycles. The number of hydrogen-bond acceptors (Lipinski definition) is 0. The quantitative estimate of drug-likeness (QED) is 0.393. The Bertz CT molecular complexity index is 81.1. The van der Waals surface area contributed by atoms with Gasteiger partial charge in [0.15, 0.2) is 0 Å². The van der Waals surface area contributed by atoms with Crippen LogP contribution in [0.5, 0.6) is 0 Å².